The molecule has 5 heteroatoms. The standard InChI is InChI=1S/C17H23NO3S/c1-22-10-9-16(19)18-15(17(20)21)11-13-7-4-6-12-5-2-3-8-14(12)13/h2-3,5,8,13,15H,4,6-7,9-11H2,1H3,(H,18,19)(H,20,21). The summed E-state index contributed by atoms with van der Waals surface area (Å²) in [7, 11) is 0. The molecular weight excluding hydrogens is 298 g/mol. The maximum atomic E-state index is 11.8. The van der Waals surface area contributed by atoms with Crippen molar-refractivity contribution in [2.45, 2.75) is 44.1 Å². The molecule has 2 N–H and O–H groups in total. The summed E-state index contributed by atoms with van der Waals surface area (Å²) in [5.74, 6) is -0.192. The number of fused-ring (bicyclic) bond motifs is 1. The first kappa shape index (κ1) is 16.9. The number of thioether (sulfide) groups is 1. The number of rotatable bonds is 7. The topological polar surface area (TPSA) is 66.4 Å². The highest BCUT2D eigenvalue weighted by Crippen LogP contribution is 2.34. The van der Waals surface area contributed by atoms with Crippen LogP contribution in [0.1, 0.15) is 42.7 Å². The van der Waals surface area contributed by atoms with E-state index < -0.39 is 12.0 Å². The van der Waals surface area contributed by atoms with Gasteiger partial charge in [-0.2, -0.15) is 11.8 Å². The lowest BCUT2D eigenvalue weighted by atomic mass is 9.79. The van der Waals surface area contributed by atoms with E-state index in [1.54, 1.807) is 11.8 Å². The maximum absolute atomic E-state index is 11.8. The monoisotopic (exact) mass is 321 g/mol. The molecular formula is C17H23NO3S. The van der Waals surface area contributed by atoms with Crippen molar-refractivity contribution in [1.82, 2.24) is 5.32 Å². The maximum Gasteiger partial charge on any atom is 0.326 e. The molecule has 1 aliphatic carbocycles. The van der Waals surface area contributed by atoms with Gasteiger partial charge in [0.25, 0.3) is 0 Å². The lowest BCUT2D eigenvalue weighted by Crippen LogP contribution is -2.42. The quantitative estimate of drug-likeness (QED) is 0.810. The summed E-state index contributed by atoms with van der Waals surface area (Å²) in [6.45, 7) is 0. The summed E-state index contributed by atoms with van der Waals surface area (Å²) in [5, 5.41) is 12.1. The average molecular weight is 321 g/mol. The fourth-order valence-corrected chi connectivity index (χ4v) is 3.46. The Morgan fingerprint density at radius 2 is 2.18 bits per heavy atom. The highest BCUT2D eigenvalue weighted by molar-refractivity contribution is 7.98. The smallest absolute Gasteiger partial charge is 0.326 e. The van der Waals surface area contributed by atoms with Gasteiger partial charge in [0.1, 0.15) is 6.04 Å². The molecule has 0 heterocycles. The van der Waals surface area contributed by atoms with E-state index in [1.807, 2.05) is 18.4 Å². The number of nitrogens with one attached hydrogen (secondary N) is 1. The summed E-state index contributed by atoms with van der Waals surface area (Å²) in [6, 6.07) is 7.44. The Morgan fingerprint density at radius 3 is 2.91 bits per heavy atom. The average Bonchev–Trinajstić information content (AvgIpc) is 2.52. The predicted octanol–water partition coefficient (Wildman–Crippen LogP) is 2.82. The third kappa shape index (κ3) is 4.50. The molecule has 2 atom stereocenters. The fraction of sp³-hybridized carbons (Fsp3) is 0.529. The summed E-state index contributed by atoms with van der Waals surface area (Å²) in [4.78, 5) is 23.3. The Morgan fingerprint density at radius 1 is 1.41 bits per heavy atom. The molecule has 2 unspecified atom stereocenters. The van der Waals surface area contributed by atoms with Crippen molar-refractivity contribution >= 4 is 23.6 Å². The molecule has 0 aliphatic heterocycles. The second-order valence-corrected chi connectivity index (χ2v) is 6.71. The number of carboxylic acid groups (broad SMARTS) is 1. The molecule has 2 rings (SSSR count). The zero-order chi connectivity index (χ0) is 15.9. The molecule has 1 aromatic rings. The van der Waals surface area contributed by atoms with Crippen molar-refractivity contribution in [3.8, 4) is 0 Å². The van der Waals surface area contributed by atoms with Gasteiger partial charge in [-0.1, -0.05) is 24.3 Å². The van der Waals surface area contributed by atoms with Gasteiger partial charge in [-0.05, 0) is 49.0 Å². The van der Waals surface area contributed by atoms with Gasteiger partial charge in [0.15, 0.2) is 0 Å². The highest BCUT2D eigenvalue weighted by atomic mass is 32.2. The van der Waals surface area contributed by atoms with Crippen LogP contribution in [0.5, 0.6) is 0 Å². The fourth-order valence-electron chi connectivity index (χ4n) is 3.07. The summed E-state index contributed by atoms with van der Waals surface area (Å²) >= 11 is 1.58. The molecule has 0 aromatic heterocycles. The normalized spacial score (nSPS) is 18.3. The van der Waals surface area contributed by atoms with Crippen molar-refractivity contribution < 1.29 is 14.7 Å². The van der Waals surface area contributed by atoms with Gasteiger partial charge in [-0.15, -0.1) is 0 Å². The van der Waals surface area contributed by atoms with Crippen LogP contribution >= 0.6 is 11.8 Å². The minimum atomic E-state index is -0.944. The molecule has 0 saturated heterocycles. The number of hydrogen-bond donors (Lipinski definition) is 2. The number of aliphatic carboxylic acids is 1. The first-order valence-electron chi connectivity index (χ1n) is 7.70. The van der Waals surface area contributed by atoms with Crippen molar-refractivity contribution in [3.05, 3.63) is 35.4 Å². The minimum Gasteiger partial charge on any atom is -0.480 e. The molecule has 1 aliphatic rings. The van der Waals surface area contributed by atoms with E-state index >= 15 is 0 Å². The second-order valence-electron chi connectivity index (χ2n) is 5.72. The van der Waals surface area contributed by atoms with E-state index in [0.29, 0.717) is 18.6 Å². The van der Waals surface area contributed by atoms with E-state index in [9.17, 15) is 14.7 Å². The molecule has 0 spiro atoms. The molecule has 22 heavy (non-hydrogen) atoms. The highest BCUT2D eigenvalue weighted by Gasteiger charge is 2.27. The number of carbonyl (C=O) groups excluding carboxylic acids is 1. The Bertz CT molecular complexity index is 532. The number of amides is 1. The van der Waals surface area contributed by atoms with Crippen LogP contribution in [0.2, 0.25) is 0 Å². The van der Waals surface area contributed by atoms with Crippen LogP contribution < -0.4 is 5.32 Å². The first-order chi connectivity index (χ1) is 10.6. The van der Waals surface area contributed by atoms with Crippen LogP contribution in [0, 0.1) is 0 Å². The zero-order valence-corrected chi connectivity index (χ0v) is 13.7. The van der Waals surface area contributed by atoms with Gasteiger partial charge in [0.05, 0.1) is 0 Å². The summed E-state index contributed by atoms with van der Waals surface area (Å²) in [6.07, 6.45) is 5.89. The molecule has 1 aromatic carbocycles. The van der Waals surface area contributed by atoms with Gasteiger partial charge in [0, 0.05) is 12.2 Å². The Balaban J connectivity index is 2.03. The lowest BCUT2D eigenvalue weighted by Gasteiger charge is -2.28. The summed E-state index contributed by atoms with van der Waals surface area (Å²) < 4.78 is 0. The molecule has 120 valence electrons. The minimum absolute atomic E-state index is 0.175. The molecule has 4 nitrogen and oxygen atoms in total. The van der Waals surface area contributed by atoms with Gasteiger partial charge >= 0.3 is 5.97 Å². The van der Waals surface area contributed by atoms with Gasteiger partial charge in [-0.3, -0.25) is 4.79 Å². The number of carboxylic acids is 1. The van der Waals surface area contributed by atoms with Crippen molar-refractivity contribution in [2.24, 2.45) is 0 Å². The van der Waals surface area contributed by atoms with Crippen LogP contribution in [-0.2, 0) is 16.0 Å². The van der Waals surface area contributed by atoms with Crippen molar-refractivity contribution in [2.75, 3.05) is 12.0 Å². The van der Waals surface area contributed by atoms with Crippen LogP contribution in [0.3, 0.4) is 0 Å². The van der Waals surface area contributed by atoms with Crippen LogP contribution in [-0.4, -0.2) is 35.0 Å². The van der Waals surface area contributed by atoms with Crippen molar-refractivity contribution in [1.29, 1.82) is 0 Å². The molecule has 0 radical (unpaired) electrons. The van der Waals surface area contributed by atoms with E-state index in [-0.39, 0.29) is 11.8 Å². The van der Waals surface area contributed by atoms with Gasteiger partial charge < -0.3 is 10.4 Å². The van der Waals surface area contributed by atoms with Crippen molar-refractivity contribution in [3.63, 3.8) is 0 Å². The summed E-state index contributed by atoms with van der Waals surface area (Å²) in [5.41, 5.74) is 2.56. The second kappa shape index (κ2) is 8.22. The Kier molecular flexibility index (Phi) is 6.31. The van der Waals surface area contributed by atoms with Gasteiger partial charge in [-0.25, -0.2) is 4.79 Å². The van der Waals surface area contributed by atoms with Crippen LogP contribution in [0.15, 0.2) is 24.3 Å². The van der Waals surface area contributed by atoms with Crippen LogP contribution in [0.4, 0.5) is 0 Å². The largest absolute Gasteiger partial charge is 0.480 e. The molecule has 0 fully saturated rings. The third-order valence-electron chi connectivity index (χ3n) is 4.18. The molecule has 1 amide bonds. The van der Waals surface area contributed by atoms with Crippen LogP contribution in [0.25, 0.3) is 0 Å². The number of carbonyl (C=O) groups is 2. The van der Waals surface area contributed by atoms with E-state index in [4.69, 9.17) is 0 Å². The van der Waals surface area contributed by atoms with Gasteiger partial charge in [0.2, 0.25) is 5.91 Å². The number of aryl methyl sites for hydroxylation is 1. The SMILES string of the molecule is CSCCC(=O)NC(CC1CCCc2ccccc21)C(=O)O. The van der Waals surface area contributed by atoms with E-state index in [1.165, 1.54) is 11.1 Å². The third-order valence-corrected chi connectivity index (χ3v) is 4.79. The number of hydrogen-bond acceptors (Lipinski definition) is 3. The Labute approximate surface area is 135 Å². The van der Waals surface area contributed by atoms with E-state index in [0.717, 1.165) is 19.3 Å². The Hall–Kier alpha value is -1.49. The lowest BCUT2D eigenvalue weighted by molar-refractivity contribution is -0.142. The molecule has 0 saturated carbocycles. The predicted molar refractivity (Wildman–Crippen MR) is 89.3 cm³/mol. The molecule has 0 bridgehead atoms. The van der Waals surface area contributed by atoms with E-state index in [2.05, 4.69) is 17.4 Å². The first-order valence-corrected chi connectivity index (χ1v) is 9.10. The zero-order valence-electron chi connectivity index (χ0n) is 12.9. The number of benzene rings is 1.